The third-order valence-electron chi connectivity index (χ3n) is 2.68. The number of carbonyl (C=O) groups excluding carboxylic acids is 1. The molecular weight excluding hydrogens is 326 g/mol. The molecule has 0 heterocycles. The molecule has 0 bridgehead atoms. The molecule has 0 aliphatic rings. The quantitative estimate of drug-likeness (QED) is 0.871. The van der Waals surface area contributed by atoms with E-state index in [1.54, 1.807) is 0 Å². The van der Waals surface area contributed by atoms with Crippen LogP contribution in [0.4, 0.5) is 5.69 Å². The van der Waals surface area contributed by atoms with Gasteiger partial charge in [-0.1, -0.05) is 45.7 Å². The number of hydrogen-bond donors (Lipinski definition) is 1. The van der Waals surface area contributed by atoms with Gasteiger partial charge in [-0.05, 0) is 42.3 Å². The van der Waals surface area contributed by atoms with E-state index in [-0.39, 0.29) is 5.91 Å². The predicted octanol–water partition coefficient (Wildman–Crippen LogP) is 4.59. The second-order valence-electron chi connectivity index (χ2n) is 4.33. The zero-order valence-corrected chi connectivity index (χ0v) is 12.8. The Labute approximate surface area is 125 Å². The lowest BCUT2D eigenvalue weighted by molar-refractivity contribution is -0.115. The van der Waals surface area contributed by atoms with Gasteiger partial charge < -0.3 is 5.32 Å². The maximum absolute atomic E-state index is 11.9. The minimum absolute atomic E-state index is 0.0759. The molecule has 4 heteroatoms. The second-order valence-corrected chi connectivity index (χ2v) is 5.66. The number of carbonyl (C=O) groups is 1. The first kappa shape index (κ1) is 14.1. The Balaban J connectivity index is 2.03. The van der Waals surface area contributed by atoms with Crippen LogP contribution in [0.15, 0.2) is 46.9 Å². The molecule has 2 rings (SSSR count). The maximum Gasteiger partial charge on any atom is 0.228 e. The van der Waals surface area contributed by atoms with E-state index in [1.165, 1.54) is 0 Å². The van der Waals surface area contributed by atoms with Crippen LogP contribution in [-0.4, -0.2) is 5.91 Å². The standard InChI is InChI=1S/C15H13BrClNO/c1-10-2-7-14(13(17)8-10)18-15(19)9-11-3-5-12(16)6-4-11/h2-8H,9H2,1H3,(H,18,19). The largest absolute Gasteiger partial charge is 0.324 e. The van der Waals surface area contributed by atoms with Gasteiger partial charge >= 0.3 is 0 Å². The highest BCUT2D eigenvalue weighted by Crippen LogP contribution is 2.23. The van der Waals surface area contributed by atoms with Crippen LogP contribution >= 0.6 is 27.5 Å². The van der Waals surface area contributed by atoms with E-state index in [1.807, 2.05) is 49.4 Å². The number of rotatable bonds is 3. The third kappa shape index (κ3) is 4.08. The Morgan fingerprint density at radius 1 is 1.21 bits per heavy atom. The summed E-state index contributed by atoms with van der Waals surface area (Å²) in [6.45, 7) is 1.96. The zero-order valence-electron chi connectivity index (χ0n) is 10.4. The molecule has 0 unspecified atom stereocenters. The van der Waals surface area contributed by atoms with Crippen LogP contribution in [0.25, 0.3) is 0 Å². The summed E-state index contributed by atoms with van der Waals surface area (Å²) >= 11 is 9.44. The monoisotopic (exact) mass is 337 g/mol. The summed E-state index contributed by atoms with van der Waals surface area (Å²) in [5, 5.41) is 3.38. The first-order valence-electron chi connectivity index (χ1n) is 5.85. The molecule has 0 radical (unpaired) electrons. The number of nitrogens with one attached hydrogen (secondary N) is 1. The van der Waals surface area contributed by atoms with Crippen LogP contribution in [0.5, 0.6) is 0 Å². The Morgan fingerprint density at radius 2 is 1.89 bits per heavy atom. The summed E-state index contributed by atoms with van der Waals surface area (Å²) in [7, 11) is 0. The van der Waals surface area contributed by atoms with Gasteiger partial charge in [0, 0.05) is 4.47 Å². The van der Waals surface area contributed by atoms with Gasteiger partial charge in [-0.3, -0.25) is 4.79 Å². The van der Waals surface area contributed by atoms with Crippen molar-refractivity contribution in [3.63, 3.8) is 0 Å². The van der Waals surface area contributed by atoms with E-state index >= 15 is 0 Å². The SMILES string of the molecule is Cc1ccc(NC(=O)Cc2ccc(Br)cc2)c(Cl)c1. The fraction of sp³-hybridized carbons (Fsp3) is 0.133. The summed E-state index contributed by atoms with van der Waals surface area (Å²) in [6.07, 6.45) is 0.331. The van der Waals surface area contributed by atoms with E-state index in [0.29, 0.717) is 17.1 Å². The second kappa shape index (κ2) is 6.22. The van der Waals surface area contributed by atoms with Crippen molar-refractivity contribution >= 4 is 39.1 Å². The third-order valence-corrected chi connectivity index (χ3v) is 3.52. The lowest BCUT2D eigenvalue weighted by Crippen LogP contribution is -2.14. The maximum atomic E-state index is 11.9. The lowest BCUT2D eigenvalue weighted by atomic mass is 10.1. The Hall–Kier alpha value is -1.32. The molecule has 2 nitrogen and oxygen atoms in total. The van der Waals surface area contributed by atoms with Crippen molar-refractivity contribution in [1.82, 2.24) is 0 Å². The first-order valence-corrected chi connectivity index (χ1v) is 7.02. The van der Waals surface area contributed by atoms with Gasteiger partial charge in [-0.25, -0.2) is 0 Å². The minimum atomic E-state index is -0.0759. The summed E-state index contributed by atoms with van der Waals surface area (Å²) in [4.78, 5) is 11.9. The average Bonchev–Trinajstić information content (AvgIpc) is 2.36. The predicted molar refractivity (Wildman–Crippen MR) is 82.7 cm³/mol. The highest BCUT2D eigenvalue weighted by atomic mass is 79.9. The van der Waals surface area contributed by atoms with Gasteiger partial charge in [-0.15, -0.1) is 0 Å². The normalized spacial score (nSPS) is 10.3. The van der Waals surface area contributed by atoms with E-state index in [0.717, 1.165) is 15.6 Å². The molecule has 1 N–H and O–H groups in total. The highest BCUT2D eigenvalue weighted by Gasteiger charge is 2.07. The smallest absolute Gasteiger partial charge is 0.228 e. The summed E-state index contributed by atoms with van der Waals surface area (Å²) in [5.41, 5.74) is 2.68. The van der Waals surface area contributed by atoms with E-state index < -0.39 is 0 Å². The molecule has 0 spiro atoms. The van der Waals surface area contributed by atoms with Gasteiger partial charge in [0.05, 0.1) is 17.1 Å². The van der Waals surface area contributed by atoms with Crippen LogP contribution in [0.3, 0.4) is 0 Å². The molecule has 0 fully saturated rings. The minimum Gasteiger partial charge on any atom is -0.324 e. The van der Waals surface area contributed by atoms with Crippen molar-refractivity contribution in [2.24, 2.45) is 0 Å². The Bertz CT molecular complexity index is 596. The van der Waals surface area contributed by atoms with Crippen molar-refractivity contribution in [2.45, 2.75) is 13.3 Å². The van der Waals surface area contributed by atoms with Crippen molar-refractivity contribution in [2.75, 3.05) is 5.32 Å². The van der Waals surface area contributed by atoms with E-state index in [9.17, 15) is 4.79 Å². The molecule has 2 aromatic carbocycles. The van der Waals surface area contributed by atoms with Gasteiger partial charge in [0.25, 0.3) is 0 Å². The van der Waals surface area contributed by atoms with Gasteiger partial charge in [0.1, 0.15) is 0 Å². The summed E-state index contributed by atoms with van der Waals surface area (Å²) in [5.74, 6) is -0.0759. The number of halogens is 2. The fourth-order valence-electron chi connectivity index (χ4n) is 1.70. The van der Waals surface area contributed by atoms with E-state index in [2.05, 4.69) is 21.2 Å². The molecular formula is C15H13BrClNO. The van der Waals surface area contributed by atoms with Crippen molar-refractivity contribution in [1.29, 1.82) is 0 Å². The molecule has 0 aliphatic heterocycles. The number of amides is 1. The zero-order chi connectivity index (χ0) is 13.8. The molecule has 0 aliphatic carbocycles. The topological polar surface area (TPSA) is 29.1 Å². The van der Waals surface area contributed by atoms with Crippen LogP contribution in [0.1, 0.15) is 11.1 Å². The number of hydrogen-bond acceptors (Lipinski definition) is 1. The number of anilines is 1. The van der Waals surface area contributed by atoms with E-state index in [4.69, 9.17) is 11.6 Å². The molecule has 0 atom stereocenters. The molecule has 0 saturated heterocycles. The molecule has 2 aromatic rings. The number of aryl methyl sites for hydroxylation is 1. The van der Waals surface area contributed by atoms with Crippen LogP contribution in [0, 0.1) is 6.92 Å². The highest BCUT2D eigenvalue weighted by molar-refractivity contribution is 9.10. The van der Waals surface area contributed by atoms with Gasteiger partial charge in [0.15, 0.2) is 0 Å². The van der Waals surface area contributed by atoms with Crippen LogP contribution < -0.4 is 5.32 Å². The van der Waals surface area contributed by atoms with Gasteiger partial charge in [-0.2, -0.15) is 0 Å². The van der Waals surface area contributed by atoms with Crippen molar-refractivity contribution in [3.8, 4) is 0 Å². The Kier molecular flexibility index (Phi) is 4.61. The first-order chi connectivity index (χ1) is 9.04. The summed E-state index contributed by atoms with van der Waals surface area (Å²) < 4.78 is 0.998. The summed E-state index contributed by atoms with van der Waals surface area (Å²) in [6, 6.07) is 13.2. The lowest BCUT2D eigenvalue weighted by Gasteiger charge is -2.08. The van der Waals surface area contributed by atoms with Gasteiger partial charge in [0.2, 0.25) is 5.91 Å². The molecule has 98 valence electrons. The molecule has 19 heavy (non-hydrogen) atoms. The van der Waals surface area contributed by atoms with Crippen LogP contribution in [-0.2, 0) is 11.2 Å². The molecule has 0 saturated carbocycles. The van der Waals surface area contributed by atoms with Crippen molar-refractivity contribution < 1.29 is 4.79 Å². The van der Waals surface area contributed by atoms with Crippen LogP contribution in [0.2, 0.25) is 5.02 Å². The van der Waals surface area contributed by atoms with Crippen molar-refractivity contribution in [3.05, 3.63) is 63.1 Å². The fourth-order valence-corrected chi connectivity index (χ4v) is 2.25. The average molecular weight is 339 g/mol. The number of benzene rings is 2. The molecule has 1 amide bonds. The Morgan fingerprint density at radius 3 is 2.53 bits per heavy atom. The molecule has 0 aromatic heterocycles.